The third-order valence-corrected chi connectivity index (χ3v) is 4.18. The van der Waals surface area contributed by atoms with Crippen LogP contribution in [0.15, 0.2) is 29.3 Å². The summed E-state index contributed by atoms with van der Waals surface area (Å²) in [5.41, 5.74) is 0.0391. The van der Waals surface area contributed by atoms with Crippen molar-refractivity contribution in [2.45, 2.75) is 18.6 Å². The Morgan fingerprint density at radius 1 is 1.32 bits per heavy atom. The molecule has 0 bridgehead atoms. The zero-order valence-electron chi connectivity index (χ0n) is 13.1. The lowest BCUT2D eigenvalue weighted by Gasteiger charge is -2.41. The van der Waals surface area contributed by atoms with E-state index in [1.54, 1.807) is 13.1 Å². The quantitative estimate of drug-likeness (QED) is 0.798. The highest BCUT2D eigenvalue weighted by Gasteiger charge is 2.33. The second-order valence-electron chi connectivity index (χ2n) is 5.88. The number of benzene rings is 1. The topological polar surface area (TPSA) is 18.8 Å². The predicted molar refractivity (Wildman–Crippen MR) is 83.7 cm³/mol. The number of aliphatic imine (C=N–C) groups is 1. The number of halogens is 3. The molecule has 0 saturated carbocycles. The van der Waals surface area contributed by atoms with E-state index in [4.69, 9.17) is 0 Å². The molecule has 1 aromatic rings. The molecule has 0 N–H and O–H groups in total. The molecule has 1 aliphatic rings. The van der Waals surface area contributed by atoms with Gasteiger partial charge in [0.15, 0.2) is 0 Å². The number of hydrogen-bond acceptors (Lipinski definition) is 3. The predicted octanol–water partition coefficient (Wildman–Crippen LogP) is 3.16. The molecule has 0 aromatic heterocycles. The summed E-state index contributed by atoms with van der Waals surface area (Å²) < 4.78 is 38.6. The van der Waals surface area contributed by atoms with Crippen LogP contribution in [0.4, 0.5) is 18.9 Å². The van der Waals surface area contributed by atoms with Crippen LogP contribution in [0.1, 0.15) is 12.0 Å². The van der Waals surface area contributed by atoms with E-state index in [1.165, 1.54) is 12.1 Å². The van der Waals surface area contributed by atoms with Crippen molar-refractivity contribution in [1.29, 1.82) is 0 Å². The van der Waals surface area contributed by atoms with Gasteiger partial charge in [-0.05, 0) is 38.7 Å². The molecule has 122 valence electrons. The van der Waals surface area contributed by atoms with Crippen molar-refractivity contribution in [3.05, 3.63) is 29.8 Å². The first kappa shape index (κ1) is 16.8. The van der Waals surface area contributed by atoms with E-state index >= 15 is 0 Å². The van der Waals surface area contributed by atoms with Crippen molar-refractivity contribution < 1.29 is 13.2 Å². The van der Waals surface area contributed by atoms with Gasteiger partial charge in [0.1, 0.15) is 0 Å². The van der Waals surface area contributed by atoms with Gasteiger partial charge in [-0.1, -0.05) is 6.07 Å². The van der Waals surface area contributed by atoms with E-state index in [0.29, 0.717) is 18.2 Å². The molecule has 1 unspecified atom stereocenters. The number of likely N-dealkylation sites (N-methyl/N-ethyl adjacent to an activating group) is 1. The summed E-state index contributed by atoms with van der Waals surface area (Å²) in [4.78, 5) is 8.26. The first-order valence-corrected chi connectivity index (χ1v) is 7.34. The summed E-state index contributed by atoms with van der Waals surface area (Å²) in [6, 6.07) is 5.81. The Hall–Kier alpha value is -1.56. The monoisotopic (exact) mass is 313 g/mol. The van der Waals surface area contributed by atoms with E-state index < -0.39 is 11.7 Å². The SMILES string of the molecule is C/N=C/C1CCN(c2cccc(C(F)(F)F)c2)C[C@@H]1N(C)C. The Kier molecular flexibility index (Phi) is 5.11. The zero-order chi connectivity index (χ0) is 16.3. The Labute approximate surface area is 129 Å². The minimum absolute atomic E-state index is 0.243. The van der Waals surface area contributed by atoms with Gasteiger partial charge in [0.05, 0.1) is 5.56 Å². The number of anilines is 1. The largest absolute Gasteiger partial charge is 0.416 e. The average molecular weight is 313 g/mol. The van der Waals surface area contributed by atoms with Gasteiger partial charge in [0.25, 0.3) is 0 Å². The molecule has 0 amide bonds. The van der Waals surface area contributed by atoms with Gasteiger partial charge in [-0.15, -0.1) is 0 Å². The molecule has 2 rings (SSSR count). The van der Waals surface area contributed by atoms with Gasteiger partial charge in [-0.2, -0.15) is 13.2 Å². The van der Waals surface area contributed by atoms with Crippen LogP contribution in [0.25, 0.3) is 0 Å². The molecule has 1 aromatic carbocycles. The second-order valence-corrected chi connectivity index (χ2v) is 5.88. The highest BCUT2D eigenvalue weighted by molar-refractivity contribution is 5.63. The Bertz CT molecular complexity index is 526. The summed E-state index contributed by atoms with van der Waals surface area (Å²) >= 11 is 0. The average Bonchev–Trinajstić information content (AvgIpc) is 2.47. The zero-order valence-corrected chi connectivity index (χ0v) is 13.1. The summed E-state index contributed by atoms with van der Waals surface area (Å²) in [6.45, 7) is 1.44. The fourth-order valence-electron chi connectivity index (χ4n) is 2.97. The van der Waals surface area contributed by atoms with Gasteiger partial charge >= 0.3 is 6.18 Å². The lowest BCUT2D eigenvalue weighted by atomic mass is 9.91. The summed E-state index contributed by atoms with van der Waals surface area (Å²) in [7, 11) is 5.75. The smallest absolute Gasteiger partial charge is 0.370 e. The third kappa shape index (κ3) is 3.80. The molecule has 6 heteroatoms. The number of rotatable bonds is 3. The molecule has 1 heterocycles. The van der Waals surface area contributed by atoms with Crippen molar-refractivity contribution in [2.75, 3.05) is 39.1 Å². The number of hydrogen-bond donors (Lipinski definition) is 0. The van der Waals surface area contributed by atoms with Gasteiger partial charge in [0, 0.05) is 44.0 Å². The summed E-state index contributed by atoms with van der Waals surface area (Å²) in [5.74, 6) is 0.335. The van der Waals surface area contributed by atoms with Gasteiger partial charge < -0.3 is 14.8 Å². The maximum atomic E-state index is 12.9. The molecule has 1 aliphatic heterocycles. The molecular formula is C16H22F3N3. The normalized spacial score (nSPS) is 23.5. The fourth-order valence-corrected chi connectivity index (χ4v) is 2.97. The van der Waals surface area contributed by atoms with Crippen LogP contribution in [0.2, 0.25) is 0 Å². The third-order valence-electron chi connectivity index (χ3n) is 4.18. The van der Waals surface area contributed by atoms with Crippen LogP contribution in [-0.2, 0) is 6.18 Å². The Balaban J connectivity index is 2.20. The van der Waals surface area contributed by atoms with Crippen LogP contribution < -0.4 is 4.90 Å². The van der Waals surface area contributed by atoms with E-state index in [0.717, 1.165) is 19.0 Å². The van der Waals surface area contributed by atoms with Crippen LogP contribution in [-0.4, -0.2) is 51.4 Å². The fraction of sp³-hybridized carbons (Fsp3) is 0.562. The number of alkyl halides is 3. The minimum Gasteiger partial charge on any atom is -0.370 e. The Morgan fingerprint density at radius 2 is 2.05 bits per heavy atom. The van der Waals surface area contributed by atoms with Gasteiger partial charge in [0.2, 0.25) is 0 Å². The molecule has 2 atom stereocenters. The summed E-state index contributed by atoms with van der Waals surface area (Å²) in [6.07, 6.45) is -1.46. The maximum absolute atomic E-state index is 12.9. The highest BCUT2D eigenvalue weighted by atomic mass is 19.4. The lowest BCUT2D eigenvalue weighted by Crippen LogP contribution is -2.51. The van der Waals surface area contributed by atoms with Crippen LogP contribution in [0.5, 0.6) is 0 Å². The molecule has 0 radical (unpaired) electrons. The van der Waals surface area contributed by atoms with E-state index in [9.17, 15) is 13.2 Å². The lowest BCUT2D eigenvalue weighted by molar-refractivity contribution is -0.137. The van der Waals surface area contributed by atoms with Crippen molar-refractivity contribution in [3.63, 3.8) is 0 Å². The molecule has 22 heavy (non-hydrogen) atoms. The van der Waals surface area contributed by atoms with Crippen molar-refractivity contribution >= 4 is 11.9 Å². The Morgan fingerprint density at radius 3 is 2.64 bits per heavy atom. The van der Waals surface area contributed by atoms with Crippen LogP contribution in [0.3, 0.4) is 0 Å². The van der Waals surface area contributed by atoms with Gasteiger partial charge in [-0.3, -0.25) is 0 Å². The number of piperidine rings is 1. The van der Waals surface area contributed by atoms with E-state index in [1.807, 2.05) is 25.2 Å². The van der Waals surface area contributed by atoms with Gasteiger partial charge in [-0.25, -0.2) is 0 Å². The standard InChI is InChI=1S/C16H22F3N3/c1-20-10-12-7-8-22(11-15(12)21(2)3)14-6-4-5-13(9-14)16(17,18)19/h4-6,9-10,12,15H,7-8,11H2,1-3H3/b20-10+/t12?,15-/m0/s1. The van der Waals surface area contributed by atoms with Crippen LogP contribution >= 0.6 is 0 Å². The van der Waals surface area contributed by atoms with E-state index in [-0.39, 0.29) is 6.04 Å². The number of nitrogens with zero attached hydrogens (tertiary/aromatic N) is 3. The molecule has 1 fully saturated rings. The second kappa shape index (κ2) is 6.69. The van der Waals surface area contributed by atoms with Crippen molar-refractivity contribution in [1.82, 2.24) is 4.90 Å². The van der Waals surface area contributed by atoms with E-state index in [2.05, 4.69) is 9.89 Å². The first-order chi connectivity index (χ1) is 10.3. The molecule has 3 nitrogen and oxygen atoms in total. The summed E-state index contributed by atoms with van der Waals surface area (Å²) in [5, 5.41) is 0. The van der Waals surface area contributed by atoms with Crippen molar-refractivity contribution in [2.24, 2.45) is 10.9 Å². The molecule has 1 saturated heterocycles. The van der Waals surface area contributed by atoms with Crippen LogP contribution in [0, 0.1) is 5.92 Å². The molecular weight excluding hydrogens is 291 g/mol. The maximum Gasteiger partial charge on any atom is 0.416 e. The molecule has 0 spiro atoms. The highest BCUT2D eigenvalue weighted by Crippen LogP contribution is 2.33. The minimum atomic E-state index is -4.30. The first-order valence-electron chi connectivity index (χ1n) is 7.34. The van der Waals surface area contributed by atoms with Crippen molar-refractivity contribution in [3.8, 4) is 0 Å². The molecule has 0 aliphatic carbocycles.